The maximum absolute atomic E-state index is 12.9. The van der Waals surface area contributed by atoms with Gasteiger partial charge in [0.2, 0.25) is 0 Å². The minimum absolute atomic E-state index is 0.0756. The number of fused-ring (bicyclic) bond motifs is 1. The van der Waals surface area contributed by atoms with Gasteiger partial charge in [-0.25, -0.2) is 9.97 Å². The van der Waals surface area contributed by atoms with Crippen LogP contribution in [0.2, 0.25) is 0 Å². The van der Waals surface area contributed by atoms with Gasteiger partial charge in [-0.05, 0) is 47.9 Å². The number of aromatic nitrogens is 2. The van der Waals surface area contributed by atoms with Crippen molar-refractivity contribution in [3.63, 3.8) is 0 Å². The lowest BCUT2D eigenvalue weighted by molar-refractivity contribution is -0.165. The van der Waals surface area contributed by atoms with Crippen LogP contribution in [0, 0.1) is 5.41 Å². The Labute approximate surface area is 188 Å². The van der Waals surface area contributed by atoms with E-state index in [9.17, 15) is 4.79 Å². The molecule has 6 rings (SSSR count). The molecule has 1 aliphatic heterocycles. The first-order valence-corrected chi connectivity index (χ1v) is 12.2. The molecular formula is C24H21N3O2S2. The van der Waals surface area contributed by atoms with E-state index in [1.807, 2.05) is 23.0 Å². The van der Waals surface area contributed by atoms with Gasteiger partial charge in [0, 0.05) is 22.4 Å². The number of thiazole rings is 1. The molecule has 0 atom stereocenters. The second kappa shape index (κ2) is 7.51. The molecule has 1 saturated carbocycles. The highest BCUT2D eigenvalue weighted by atomic mass is 32.1. The number of nitrogens with zero attached hydrogens (tertiary/aromatic N) is 2. The molecule has 31 heavy (non-hydrogen) atoms. The number of amides is 1. The maximum Gasteiger partial charge on any atom is 0.270 e. The third kappa shape index (κ3) is 3.56. The first-order valence-electron chi connectivity index (χ1n) is 10.4. The molecule has 3 aromatic heterocycles. The van der Waals surface area contributed by atoms with Gasteiger partial charge in [0.05, 0.1) is 34.6 Å². The SMILES string of the molecule is O=C(NC1CC2(COC2)C1)c1cc(Cc2ccc(-c3cscn3)cc2)c2sccc2n1. The number of rotatable bonds is 5. The Morgan fingerprint density at radius 1 is 1.19 bits per heavy atom. The van der Waals surface area contributed by atoms with Gasteiger partial charge < -0.3 is 10.1 Å². The minimum atomic E-state index is -0.0756. The van der Waals surface area contributed by atoms with Crippen molar-refractivity contribution in [3.8, 4) is 11.3 Å². The Morgan fingerprint density at radius 2 is 2.03 bits per heavy atom. The number of hydrogen-bond acceptors (Lipinski definition) is 6. The molecule has 156 valence electrons. The Bertz CT molecular complexity index is 1240. The summed E-state index contributed by atoms with van der Waals surface area (Å²) in [5.41, 5.74) is 8.06. The van der Waals surface area contributed by atoms with Gasteiger partial charge in [0.1, 0.15) is 5.69 Å². The van der Waals surface area contributed by atoms with E-state index in [0.29, 0.717) is 11.1 Å². The molecule has 7 heteroatoms. The zero-order chi connectivity index (χ0) is 20.8. The largest absolute Gasteiger partial charge is 0.380 e. The molecule has 1 saturated heterocycles. The van der Waals surface area contributed by atoms with Gasteiger partial charge in [0.25, 0.3) is 5.91 Å². The van der Waals surface area contributed by atoms with E-state index in [0.717, 1.165) is 59.5 Å². The molecule has 1 spiro atoms. The number of carbonyl (C=O) groups excluding carboxylic acids is 1. The number of nitrogens with one attached hydrogen (secondary N) is 1. The van der Waals surface area contributed by atoms with E-state index >= 15 is 0 Å². The number of pyridine rings is 1. The van der Waals surface area contributed by atoms with Crippen molar-refractivity contribution in [1.29, 1.82) is 0 Å². The van der Waals surface area contributed by atoms with Crippen molar-refractivity contribution in [2.45, 2.75) is 25.3 Å². The standard InChI is InChI=1S/C24H21N3O2S2/c28-23(26-18-9-24(10-18)12-29-13-24)20-8-17(22-19(27-20)5-6-31-22)7-15-1-3-16(4-2-15)21-11-30-14-25-21/h1-6,8,11,14,18H,7,9-10,12-13H2,(H,26,28). The van der Waals surface area contributed by atoms with Crippen molar-refractivity contribution in [2.75, 3.05) is 13.2 Å². The second-order valence-corrected chi connectivity index (χ2v) is 10.3. The summed E-state index contributed by atoms with van der Waals surface area (Å²) < 4.78 is 6.48. The lowest BCUT2D eigenvalue weighted by Gasteiger charge is -2.53. The summed E-state index contributed by atoms with van der Waals surface area (Å²) in [7, 11) is 0. The van der Waals surface area contributed by atoms with E-state index in [-0.39, 0.29) is 11.9 Å². The van der Waals surface area contributed by atoms with Crippen molar-refractivity contribution < 1.29 is 9.53 Å². The van der Waals surface area contributed by atoms with Gasteiger partial charge in [-0.2, -0.15) is 0 Å². The van der Waals surface area contributed by atoms with Gasteiger partial charge in [-0.1, -0.05) is 24.3 Å². The molecule has 4 aromatic rings. The Hall–Kier alpha value is -2.61. The number of benzene rings is 1. The van der Waals surface area contributed by atoms with Crippen LogP contribution in [0.3, 0.4) is 0 Å². The van der Waals surface area contributed by atoms with Crippen LogP contribution in [0.15, 0.2) is 52.7 Å². The molecule has 1 N–H and O–H groups in total. The number of thiophene rings is 1. The van der Waals surface area contributed by atoms with E-state index in [1.165, 1.54) is 5.56 Å². The maximum atomic E-state index is 12.9. The Kier molecular flexibility index (Phi) is 4.63. The molecule has 5 nitrogen and oxygen atoms in total. The van der Waals surface area contributed by atoms with Gasteiger partial charge in [-0.15, -0.1) is 22.7 Å². The molecule has 1 aliphatic carbocycles. The highest BCUT2D eigenvalue weighted by Crippen LogP contribution is 2.46. The number of carbonyl (C=O) groups is 1. The first kappa shape index (κ1) is 19.1. The zero-order valence-corrected chi connectivity index (χ0v) is 18.5. The van der Waals surface area contributed by atoms with E-state index in [2.05, 4.69) is 44.9 Å². The molecule has 1 aromatic carbocycles. The molecule has 2 aliphatic rings. The van der Waals surface area contributed by atoms with Crippen LogP contribution in [0.4, 0.5) is 0 Å². The predicted octanol–water partition coefficient (Wildman–Crippen LogP) is 4.92. The normalized spacial score (nSPS) is 17.4. The van der Waals surface area contributed by atoms with Crippen molar-refractivity contribution in [1.82, 2.24) is 15.3 Å². The van der Waals surface area contributed by atoms with Crippen LogP contribution >= 0.6 is 22.7 Å². The summed E-state index contributed by atoms with van der Waals surface area (Å²) in [6.07, 6.45) is 2.79. The zero-order valence-electron chi connectivity index (χ0n) is 16.8. The fraction of sp³-hybridized carbons (Fsp3) is 0.292. The highest BCUT2D eigenvalue weighted by molar-refractivity contribution is 7.17. The fourth-order valence-electron chi connectivity index (χ4n) is 4.61. The second-order valence-electron chi connectivity index (χ2n) is 8.62. The number of ether oxygens (including phenoxy) is 1. The summed E-state index contributed by atoms with van der Waals surface area (Å²) in [5.74, 6) is -0.0756. The first-order chi connectivity index (χ1) is 15.2. The lowest BCUT2D eigenvalue weighted by Crippen LogP contribution is -2.59. The monoisotopic (exact) mass is 447 g/mol. The summed E-state index contributed by atoms with van der Waals surface area (Å²) in [4.78, 5) is 21.9. The molecule has 0 bridgehead atoms. The third-order valence-electron chi connectivity index (χ3n) is 6.31. The molecule has 4 heterocycles. The third-order valence-corrected chi connectivity index (χ3v) is 7.87. The molecular weight excluding hydrogens is 426 g/mol. The van der Waals surface area contributed by atoms with Crippen LogP contribution in [0.25, 0.3) is 21.5 Å². The lowest BCUT2D eigenvalue weighted by atomic mass is 9.64. The van der Waals surface area contributed by atoms with Crippen molar-refractivity contribution >= 4 is 38.8 Å². The molecule has 1 amide bonds. The summed E-state index contributed by atoms with van der Waals surface area (Å²) >= 11 is 3.28. The average molecular weight is 448 g/mol. The van der Waals surface area contributed by atoms with Crippen molar-refractivity contribution in [3.05, 3.63) is 69.5 Å². The van der Waals surface area contributed by atoms with Crippen LogP contribution < -0.4 is 5.32 Å². The van der Waals surface area contributed by atoms with E-state index in [1.54, 1.807) is 22.7 Å². The van der Waals surface area contributed by atoms with E-state index in [4.69, 9.17) is 4.74 Å². The Morgan fingerprint density at radius 3 is 2.74 bits per heavy atom. The number of hydrogen-bond donors (Lipinski definition) is 1. The molecule has 0 radical (unpaired) electrons. The van der Waals surface area contributed by atoms with E-state index < -0.39 is 0 Å². The molecule has 0 unspecified atom stereocenters. The van der Waals surface area contributed by atoms with Gasteiger partial charge in [0.15, 0.2) is 0 Å². The smallest absolute Gasteiger partial charge is 0.270 e. The summed E-state index contributed by atoms with van der Waals surface area (Å²) in [6, 6.07) is 12.7. The van der Waals surface area contributed by atoms with Crippen LogP contribution in [-0.4, -0.2) is 35.1 Å². The van der Waals surface area contributed by atoms with Gasteiger partial charge >= 0.3 is 0 Å². The predicted molar refractivity (Wildman–Crippen MR) is 124 cm³/mol. The fourth-order valence-corrected chi connectivity index (χ4v) is 6.02. The minimum Gasteiger partial charge on any atom is -0.380 e. The topological polar surface area (TPSA) is 64.1 Å². The van der Waals surface area contributed by atoms with Crippen LogP contribution in [-0.2, 0) is 11.2 Å². The Balaban J connectivity index is 1.22. The highest BCUT2D eigenvalue weighted by Gasteiger charge is 2.50. The van der Waals surface area contributed by atoms with Crippen LogP contribution in [0.1, 0.15) is 34.5 Å². The summed E-state index contributed by atoms with van der Waals surface area (Å²) in [5, 5.41) is 7.27. The average Bonchev–Trinajstić information content (AvgIpc) is 3.41. The van der Waals surface area contributed by atoms with Crippen LogP contribution in [0.5, 0.6) is 0 Å². The molecule has 2 fully saturated rings. The van der Waals surface area contributed by atoms with Gasteiger partial charge in [-0.3, -0.25) is 4.79 Å². The summed E-state index contributed by atoms with van der Waals surface area (Å²) in [6.45, 7) is 1.67. The quantitative estimate of drug-likeness (QED) is 0.472. The van der Waals surface area contributed by atoms with Crippen molar-refractivity contribution in [2.24, 2.45) is 5.41 Å².